The first-order chi connectivity index (χ1) is 10.7. The lowest BCUT2D eigenvalue weighted by Gasteiger charge is -2.34. The van der Waals surface area contributed by atoms with Gasteiger partial charge in [-0.15, -0.1) is 0 Å². The fourth-order valence-corrected chi connectivity index (χ4v) is 2.26. The van der Waals surface area contributed by atoms with Crippen molar-refractivity contribution in [2.45, 2.75) is 44.8 Å². The molecule has 2 N–H and O–H groups in total. The molecule has 0 saturated heterocycles. The number of nitrogens with zero attached hydrogens (tertiary/aromatic N) is 1. The van der Waals surface area contributed by atoms with E-state index in [1.165, 1.54) is 18.3 Å². The van der Waals surface area contributed by atoms with E-state index in [0.29, 0.717) is 5.56 Å². The molecule has 1 heterocycles. The molecule has 1 aliphatic rings. The number of hydrazone groups is 1. The number of carbonyl (C=O) groups is 2. The summed E-state index contributed by atoms with van der Waals surface area (Å²) in [5.41, 5.74) is 1.17. The zero-order valence-corrected chi connectivity index (χ0v) is 13.4. The van der Waals surface area contributed by atoms with Gasteiger partial charge in [0.25, 0.3) is 5.91 Å². The van der Waals surface area contributed by atoms with Gasteiger partial charge in [0.15, 0.2) is 0 Å². The molecular weight excluding hydrogens is 301 g/mol. The van der Waals surface area contributed by atoms with Gasteiger partial charge in [-0.2, -0.15) is 5.10 Å². The van der Waals surface area contributed by atoms with Crippen molar-refractivity contribution < 1.29 is 18.7 Å². The zero-order valence-electron chi connectivity index (χ0n) is 13.4. The van der Waals surface area contributed by atoms with Gasteiger partial charge in [-0.25, -0.2) is 14.6 Å². The third kappa shape index (κ3) is 4.51. The third-order valence-corrected chi connectivity index (χ3v) is 3.29. The highest BCUT2D eigenvalue weighted by Gasteiger charge is 2.42. The number of rotatable bonds is 3. The minimum Gasteiger partial charge on any atom is -0.444 e. The van der Waals surface area contributed by atoms with Gasteiger partial charge in [0.05, 0.1) is 0 Å². The predicted molar refractivity (Wildman–Crippen MR) is 83.5 cm³/mol. The summed E-state index contributed by atoms with van der Waals surface area (Å²) in [5, 5.41) is 6.36. The van der Waals surface area contributed by atoms with Gasteiger partial charge < -0.3 is 10.1 Å². The molecule has 124 valence electrons. The molecule has 2 rings (SSSR count). The summed E-state index contributed by atoms with van der Waals surface area (Å²) in [6, 6.07) is 5.77. The molecule has 0 aromatic heterocycles. The number of hydrogen-bond acceptors (Lipinski definition) is 4. The average Bonchev–Trinajstić information content (AvgIpc) is 2.42. The van der Waals surface area contributed by atoms with Gasteiger partial charge in [0, 0.05) is 19.1 Å². The largest absolute Gasteiger partial charge is 0.444 e. The van der Waals surface area contributed by atoms with Crippen molar-refractivity contribution in [1.29, 1.82) is 0 Å². The molecule has 1 aromatic rings. The summed E-state index contributed by atoms with van der Waals surface area (Å²) in [4.78, 5) is 24.4. The molecule has 0 fully saturated rings. The standard InChI is InChI=1S/C16H20FN3O3/c1-15(2,3)23-14(22)19-16(8-9-18-20-13(16)21)10-11-4-6-12(17)7-5-11/h4-7,9H,8,10H2,1-3H3,(H,19,22)(H,20,21). The van der Waals surface area contributed by atoms with Crippen LogP contribution in [0.2, 0.25) is 0 Å². The third-order valence-electron chi connectivity index (χ3n) is 3.29. The van der Waals surface area contributed by atoms with Crippen molar-refractivity contribution in [3.05, 3.63) is 35.6 Å². The highest BCUT2D eigenvalue weighted by molar-refractivity contribution is 5.95. The van der Waals surface area contributed by atoms with Crippen LogP contribution in [0, 0.1) is 5.82 Å². The molecule has 6 nitrogen and oxygen atoms in total. The van der Waals surface area contributed by atoms with Crippen LogP contribution in [0.5, 0.6) is 0 Å². The minimum absolute atomic E-state index is 0.199. The summed E-state index contributed by atoms with van der Waals surface area (Å²) in [6.45, 7) is 5.21. The van der Waals surface area contributed by atoms with Crippen LogP contribution in [0.15, 0.2) is 29.4 Å². The van der Waals surface area contributed by atoms with E-state index in [4.69, 9.17) is 4.74 Å². The molecule has 1 aliphatic heterocycles. The van der Waals surface area contributed by atoms with Crippen LogP contribution >= 0.6 is 0 Å². The van der Waals surface area contributed by atoms with Crippen molar-refractivity contribution in [3.8, 4) is 0 Å². The number of halogens is 1. The lowest BCUT2D eigenvalue weighted by atomic mass is 9.86. The fraction of sp³-hybridized carbons (Fsp3) is 0.438. The second-order valence-electron chi connectivity index (χ2n) is 6.47. The molecule has 0 spiro atoms. The predicted octanol–water partition coefficient (Wildman–Crippen LogP) is 2.14. The maximum absolute atomic E-state index is 13.0. The molecule has 1 aromatic carbocycles. The summed E-state index contributed by atoms with van der Waals surface area (Å²) in [7, 11) is 0. The van der Waals surface area contributed by atoms with E-state index >= 15 is 0 Å². The van der Waals surface area contributed by atoms with Crippen LogP contribution in [-0.4, -0.2) is 29.4 Å². The normalized spacial score (nSPS) is 20.8. The Morgan fingerprint density at radius 3 is 2.61 bits per heavy atom. The second kappa shape index (κ2) is 6.36. The van der Waals surface area contributed by atoms with Crippen molar-refractivity contribution >= 4 is 18.2 Å². The van der Waals surface area contributed by atoms with E-state index in [1.807, 2.05) is 0 Å². The first kappa shape index (κ1) is 16.9. The molecule has 0 saturated carbocycles. The van der Waals surface area contributed by atoms with Crippen molar-refractivity contribution in [3.63, 3.8) is 0 Å². The Labute approximate surface area is 134 Å². The molecule has 1 atom stereocenters. The summed E-state index contributed by atoms with van der Waals surface area (Å²) >= 11 is 0. The van der Waals surface area contributed by atoms with E-state index in [9.17, 15) is 14.0 Å². The van der Waals surface area contributed by atoms with Gasteiger partial charge in [-0.1, -0.05) is 12.1 Å². The smallest absolute Gasteiger partial charge is 0.408 e. The molecular formula is C16H20FN3O3. The first-order valence-corrected chi connectivity index (χ1v) is 7.28. The Balaban J connectivity index is 2.22. The zero-order chi connectivity index (χ0) is 17.1. The Bertz CT molecular complexity index is 622. The van der Waals surface area contributed by atoms with Gasteiger partial charge in [-0.3, -0.25) is 4.79 Å². The SMILES string of the molecule is CC(C)(C)OC(=O)NC1(Cc2ccc(F)cc2)CC=NNC1=O. The number of nitrogens with one attached hydrogen (secondary N) is 2. The molecule has 2 amide bonds. The average molecular weight is 321 g/mol. The molecule has 0 aliphatic carbocycles. The van der Waals surface area contributed by atoms with Gasteiger partial charge in [0.1, 0.15) is 17.0 Å². The van der Waals surface area contributed by atoms with Crippen LogP contribution < -0.4 is 10.7 Å². The monoisotopic (exact) mass is 321 g/mol. The first-order valence-electron chi connectivity index (χ1n) is 7.28. The molecule has 0 bridgehead atoms. The van der Waals surface area contributed by atoms with Crippen LogP contribution in [0.1, 0.15) is 32.8 Å². The molecule has 0 radical (unpaired) electrons. The van der Waals surface area contributed by atoms with E-state index in [0.717, 1.165) is 0 Å². The van der Waals surface area contributed by atoms with Crippen LogP contribution in [0.3, 0.4) is 0 Å². The number of hydrogen-bond donors (Lipinski definition) is 2. The maximum atomic E-state index is 13.0. The summed E-state index contributed by atoms with van der Waals surface area (Å²) in [5.74, 6) is -0.798. The van der Waals surface area contributed by atoms with Crippen molar-refractivity contribution in [2.24, 2.45) is 5.10 Å². The van der Waals surface area contributed by atoms with E-state index in [-0.39, 0.29) is 18.7 Å². The van der Waals surface area contributed by atoms with Gasteiger partial charge in [0.2, 0.25) is 0 Å². The number of ether oxygens (including phenoxy) is 1. The highest BCUT2D eigenvalue weighted by Crippen LogP contribution is 2.21. The van der Waals surface area contributed by atoms with Gasteiger partial charge in [-0.05, 0) is 38.5 Å². The highest BCUT2D eigenvalue weighted by atomic mass is 19.1. The van der Waals surface area contributed by atoms with Crippen LogP contribution in [0.25, 0.3) is 0 Å². The van der Waals surface area contributed by atoms with Gasteiger partial charge >= 0.3 is 6.09 Å². The second-order valence-corrected chi connectivity index (χ2v) is 6.47. The molecule has 23 heavy (non-hydrogen) atoms. The van der Waals surface area contributed by atoms with Crippen molar-refractivity contribution in [1.82, 2.24) is 10.7 Å². The lowest BCUT2D eigenvalue weighted by Crippen LogP contribution is -2.61. The molecule has 1 unspecified atom stereocenters. The van der Waals surface area contributed by atoms with E-state index < -0.39 is 23.1 Å². The maximum Gasteiger partial charge on any atom is 0.408 e. The summed E-state index contributed by atoms with van der Waals surface area (Å²) < 4.78 is 18.3. The number of carbonyl (C=O) groups excluding carboxylic acids is 2. The van der Waals surface area contributed by atoms with E-state index in [2.05, 4.69) is 15.8 Å². The molecule has 7 heteroatoms. The number of alkyl carbamates (subject to hydrolysis) is 1. The Morgan fingerprint density at radius 2 is 2.04 bits per heavy atom. The fourth-order valence-electron chi connectivity index (χ4n) is 2.26. The topological polar surface area (TPSA) is 79.8 Å². The summed E-state index contributed by atoms with van der Waals surface area (Å²) in [6.07, 6.45) is 1.24. The number of amides is 2. The number of benzene rings is 1. The Kier molecular flexibility index (Phi) is 4.68. The minimum atomic E-state index is -1.22. The van der Waals surface area contributed by atoms with E-state index in [1.54, 1.807) is 32.9 Å². The quantitative estimate of drug-likeness (QED) is 0.895. The Morgan fingerprint density at radius 1 is 1.39 bits per heavy atom. The van der Waals surface area contributed by atoms with Crippen molar-refractivity contribution in [2.75, 3.05) is 0 Å². The lowest BCUT2D eigenvalue weighted by molar-refractivity contribution is -0.128. The van der Waals surface area contributed by atoms with Crippen LogP contribution in [0.4, 0.5) is 9.18 Å². The van der Waals surface area contributed by atoms with Crippen LogP contribution in [-0.2, 0) is 16.0 Å². The Hall–Kier alpha value is -2.44.